The van der Waals surface area contributed by atoms with Crippen molar-refractivity contribution >= 4 is 51.2 Å². The summed E-state index contributed by atoms with van der Waals surface area (Å²) in [7, 11) is 0. The van der Waals surface area contributed by atoms with Gasteiger partial charge in [0.15, 0.2) is 5.01 Å². The van der Waals surface area contributed by atoms with E-state index in [0.717, 1.165) is 4.70 Å². The maximum absolute atomic E-state index is 13.7. The molecule has 1 aromatic heterocycles. The minimum atomic E-state index is -1.02. The Kier molecular flexibility index (Phi) is 11.1. The van der Waals surface area contributed by atoms with Crippen molar-refractivity contribution in [3.63, 3.8) is 0 Å². The Balaban J connectivity index is 1.49. The lowest BCUT2D eigenvalue weighted by Gasteiger charge is -2.27. The highest BCUT2D eigenvalue weighted by atomic mass is 32.1. The van der Waals surface area contributed by atoms with Gasteiger partial charge in [0, 0.05) is 18.9 Å². The predicted octanol–water partition coefficient (Wildman–Crippen LogP) is 2.56. The van der Waals surface area contributed by atoms with Crippen molar-refractivity contribution in [3.05, 3.63) is 29.3 Å². The van der Waals surface area contributed by atoms with Crippen LogP contribution in [0.25, 0.3) is 10.2 Å². The summed E-state index contributed by atoms with van der Waals surface area (Å²) < 4.78 is 11.4. The second kappa shape index (κ2) is 14.7. The first-order valence-corrected chi connectivity index (χ1v) is 15.7. The molecule has 234 valence electrons. The quantitative estimate of drug-likeness (QED) is 0.250. The Hall–Kier alpha value is -3.58. The van der Waals surface area contributed by atoms with Crippen LogP contribution in [0.3, 0.4) is 0 Å². The number of rotatable bonds is 13. The molecule has 4 rings (SSSR count). The standard InChI is InChI=1S/C30H41N5O7S/c1-16(2)13-22(33-28(39)24(17(3)4)35-30(40)42-19-10-12-41-15-19)27(38)32-21(14-18-9-11-31-26(18)37)25(36)29-34-20-7-5-6-8-23(20)43-29/h5-8,16-19,21-22,24H,9-15H2,1-4H3,(H,31,37)(H,32,38)(H,33,39)(H,35,40)/t18?,19?,21-,22-,24-/m0/s1. The number of aromatic nitrogens is 1. The van der Waals surface area contributed by atoms with E-state index in [2.05, 4.69) is 26.3 Å². The fourth-order valence-electron chi connectivity index (χ4n) is 5.20. The van der Waals surface area contributed by atoms with Gasteiger partial charge in [-0.05, 0) is 43.2 Å². The fraction of sp³-hybridized carbons (Fsp3) is 0.600. The number of ether oxygens (including phenoxy) is 2. The largest absolute Gasteiger partial charge is 0.444 e. The maximum atomic E-state index is 13.7. The molecule has 2 unspecified atom stereocenters. The Morgan fingerprint density at radius 2 is 1.79 bits per heavy atom. The molecule has 4 N–H and O–H groups in total. The molecule has 2 aromatic rings. The van der Waals surface area contributed by atoms with Crippen LogP contribution in [0.5, 0.6) is 0 Å². The van der Waals surface area contributed by atoms with Crippen LogP contribution in [-0.4, -0.2) is 78.6 Å². The van der Waals surface area contributed by atoms with Gasteiger partial charge >= 0.3 is 6.09 Å². The summed E-state index contributed by atoms with van der Waals surface area (Å²) in [5, 5.41) is 11.3. The van der Waals surface area contributed by atoms with Gasteiger partial charge in [0.2, 0.25) is 23.5 Å². The molecule has 5 atom stereocenters. The first-order chi connectivity index (χ1) is 20.5. The lowest BCUT2D eigenvalue weighted by molar-refractivity contribution is -0.131. The minimum Gasteiger partial charge on any atom is -0.444 e. The average molecular weight is 616 g/mol. The summed E-state index contributed by atoms with van der Waals surface area (Å²) in [6.45, 7) is 8.70. The number of carbonyl (C=O) groups is 5. The molecule has 0 aliphatic carbocycles. The summed E-state index contributed by atoms with van der Waals surface area (Å²) in [4.78, 5) is 70.2. The number of nitrogens with zero attached hydrogens (tertiary/aromatic N) is 1. The monoisotopic (exact) mass is 615 g/mol. The highest BCUT2D eigenvalue weighted by Crippen LogP contribution is 2.25. The Morgan fingerprint density at radius 1 is 1.05 bits per heavy atom. The topological polar surface area (TPSA) is 165 Å². The Labute approximate surface area is 255 Å². The van der Waals surface area contributed by atoms with Crippen molar-refractivity contribution in [2.24, 2.45) is 17.8 Å². The van der Waals surface area contributed by atoms with Crippen LogP contribution >= 0.6 is 11.3 Å². The molecule has 3 heterocycles. The molecule has 2 saturated heterocycles. The first kappa shape index (κ1) is 32.3. The van der Waals surface area contributed by atoms with Crippen LogP contribution in [0, 0.1) is 17.8 Å². The third-order valence-corrected chi connectivity index (χ3v) is 8.60. The van der Waals surface area contributed by atoms with Crippen LogP contribution in [0.15, 0.2) is 24.3 Å². The normalized spacial score (nSPS) is 20.5. The third kappa shape index (κ3) is 8.73. The highest BCUT2D eigenvalue weighted by Gasteiger charge is 2.36. The summed E-state index contributed by atoms with van der Waals surface area (Å²) in [6.07, 6.45) is 0.435. The fourth-order valence-corrected chi connectivity index (χ4v) is 6.16. The number of nitrogens with one attached hydrogen (secondary N) is 4. The predicted molar refractivity (Wildman–Crippen MR) is 160 cm³/mol. The zero-order chi connectivity index (χ0) is 31.1. The second-order valence-electron chi connectivity index (χ2n) is 11.9. The van der Waals surface area contributed by atoms with E-state index in [-0.39, 0.29) is 47.5 Å². The number of hydrogen-bond acceptors (Lipinski definition) is 9. The van der Waals surface area contributed by atoms with Gasteiger partial charge in [-0.25, -0.2) is 9.78 Å². The van der Waals surface area contributed by atoms with Crippen LogP contribution in [0.4, 0.5) is 4.79 Å². The van der Waals surface area contributed by atoms with E-state index in [1.807, 2.05) is 38.1 Å². The van der Waals surface area contributed by atoms with E-state index >= 15 is 0 Å². The van der Waals surface area contributed by atoms with Gasteiger partial charge in [-0.2, -0.15) is 0 Å². The molecular weight excluding hydrogens is 574 g/mol. The van der Waals surface area contributed by atoms with Gasteiger partial charge in [0.1, 0.15) is 18.2 Å². The molecule has 0 bridgehead atoms. The minimum absolute atomic E-state index is 0.0212. The molecule has 13 heteroatoms. The highest BCUT2D eigenvalue weighted by molar-refractivity contribution is 7.20. The van der Waals surface area contributed by atoms with Gasteiger partial charge in [-0.3, -0.25) is 19.2 Å². The smallest absolute Gasteiger partial charge is 0.408 e. The van der Waals surface area contributed by atoms with Crippen molar-refractivity contribution in [2.45, 2.75) is 77.6 Å². The van der Waals surface area contributed by atoms with Gasteiger partial charge in [0.05, 0.1) is 29.5 Å². The number of fused-ring (bicyclic) bond motifs is 1. The Bertz CT molecular complexity index is 1290. The molecule has 2 aliphatic rings. The van der Waals surface area contributed by atoms with E-state index in [9.17, 15) is 24.0 Å². The summed E-state index contributed by atoms with van der Waals surface area (Å²) in [6, 6.07) is 4.41. The summed E-state index contributed by atoms with van der Waals surface area (Å²) in [5.74, 6) is -2.35. The molecule has 43 heavy (non-hydrogen) atoms. The molecule has 0 radical (unpaired) electrons. The molecule has 2 aliphatic heterocycles. The summed E-state index contributed by atoms with van der Waals surface area (Å²) in [5.41, 5.74) is 0.677. The zero-order valence-electron chi connectivity index (χ0n) is 25.0. The number of thiazole rings is 1. The van der Waals surface area contributed by atoms with Crippen LogP contribution in [-0.2, 0) is 23.9 Å². The van der Waals surface area contributed by atoms with Gasteiger partial charge in [-0.1, -0.05) is 39.8 Å². The number of para-hydroxylation sites is 1. The number of benzene rings is 1. The molecule has 0 spiro atoms. The SMILES string of the molecule is CC(C)C[C@H](NC(=O)[C@@H](NC(=O)OC1CCOC1)C(C)C)C(=O)N[C@@H](CC1CCNC1=O)C(=O)c1nc2ccccc2s1. The molecule has 0 saturated carbocycles. The number of alkyl carbamates (subject to hydrolysis) is 1. The number of Topliss-reactive ketones (excluding diaryl/α,β-unsaturated/α-hetero) is 1. The number of hydrogen-bond donors (Lipinski definition) is 4. The van der Waals surface area contributed by atoms with Crippen LogP contribution < -0.4 is 21.3 Å². The van der Waals surface area contributed by atoms with Crippen LogP contribution in [0.1, 0.15) is 63.2 Å². The van der Waals surface area contributed by atoms with Gasteiger partial charge < -0.3 is 30.7 Å². The number of ketones is 1. The lowest BCUT2D eigenvalue weighted by Crippen LogP contribution is -2.57. The molecule has 12 nitrogen and oxygen atoms in total. The van der Waals surface area contributed by atoms with E-state index in [1.165, 1.54) is 11.3 Å². The van der Waals surface area contributed by atoms with Gasteiger partial charge in [0.25, 0.3) is 0 Å². The average Bonchev–Trinajstić information content (AvgIpc) is 3.71. The number of carbonyl (C=O) groups excluding carboxylic acids is 5. The molecular formula is C30H41N5O7S. The zero-order valence-corrected chi connectivity index (χ0v) is 25.8. The van der Waals surface area contributed by atoms with Crippen LogP contribution in [0.2, 0.25) is 0 Å². The third-order valence-electron chi connectivity index (χ3n) is 7.54. The van der Waals surface area contributed by atoms with Crippen molar-refractivity contribution in [1.82, 2.24) is 26.3 Å². The van der Waals surface area contributed by atoms with Crippen molar-refractivity contribution in [1.29, 1.82) is 0 Å². The van der Waals surface area contributed by atoms with Crippen molar-refractivity contribution in [3.8, 4) is 0 Å². The lowest BCUT2D eigenvalue weighted by atomic mass is 9.94. The van der Waals surface area contributed by atoms with Crippen molar-refractivity contribution in [2.75, 3.05) is 19.8 Å². The van der Waals surface area contributed by atoms with Crippen molar-refractivity contribution < 1.29 is 33.4 Å². The van der Waals surface area contributed by atoms with E-state index in [0.29, 0.717) is 38.1 Å². The van der Waals surface area contributed by atoms with E-state index in [1.54, 1.807) is 13.8 Å². The Morgan fingerprint density at radius 3 is 2.42 bits per heavy atom. The molecule has 1 aromatic carbocycles. The maximum Gasteiger partial charge on any atom is 0.408 e. The summed E-state index contributed by atoms with van der Waals surface area (Å²) >= 11 is 1.23. The second-order valence-corrected chi connectivity index (χ2v) is 12.9. The van der Waals surface area contributed by atoms with Gasteiger partial charge in [-0.15, -0.1) is 11.3 Å². The molecule has 4 amide bonds. The molecule has 2 fully saturated rings. The van der Waals surface area contributed by atoms with E-state index in [4.69, 9.17) is 9.47 Å². The first-order valence-electron chi connectivity index (χ1n) is 14.8. The van der Waals surface area contributed by atoms with E-state index < -0.39 is 42.0 Å². The number of amides is 4.